The van der Waals surface area contributed by atoms with Gasteiger partial charge in [0.15, 0.2) is 0 Å². The summed E-state index contributed by atoms with van der Waals surface area (Å²) in [6, 6.07) is 5.00. The highest BCUT2D eigenvalue weighted by Gasteiger charge is 2.08. The molecule has 2 rings (SSSR count). The van der Waals surface area contributed by atoms with E-state index >= 15 is 0 Å². The van der Waals surface area contributed by atoms with Crippen LogP contribution in [0.25, 0.3) is 0 Å². The Morgan fingerprint density at radius 3 is 2.84 bits per heavy atom. The van der Waals surface area contributed by atoms with Crippen LogP contribution in [0.4, 0.5) is 5.69 Å². The summed E-state index contributed by atoms with van der Waals surface area (Å²) in [4.78, 5) is 11.6. The lowest BCUT2D eigenvalue weighted by Gasteiger charge is -2.07. The molecule has 0 spiro atoms. The van der Waals surface area contributed by atoms with Gasteiger partial charge < -0.3 is 10.5 Å². The first kappa shape index (κ1) is 13.7. The molecule has 1 heterocycles. The molecule has 1 aromatic heterocycles. The summed E-state index contributed by atoms with van der Waals surface area (Å²) in [5.41, 5.74) is 6.68. The van der Waals surface area contributed by atoms with Crippen molar-refractivity contribution < 1.29 is 9.53 Å². The lowest BCUT2D eigenvalue weighted by atomic mass is 10.2. The Labute approximate surface area is 119 Å². The predicted octanol–water partition coefficient (Wildman–Crippen LogP) is 2.52. The van der Waals surface area contributed by atoms with Gasteiger partial charge in [-0.3, -0.25) is 9.48 Å². The number of aromatic nitrogens is 2. The number of ether oxygens (including phenoxy) is 1. The molecule has 0 saturated heterocycles. The highest BCUT2D eigenvalue weighted by Crippen LogP contribution is 2.21. The van der Waals surface area contributed by atoms with Crippen molar-refractivity contribution in [1.82, 2.24) is 9.78 Å². The highest BCUT2D eigenvalue weighted by atomic mass is 35.5. The Hall–Kier alpha value is -1.72. The van der Waals surface area contributed by atoms with Crippen LogP contribution in [0.5, 0.6) is 0 Å². The zero-order valence-electron chi connectivity index (χ0n) is 9.85. The second-order valence-corrected chi connectivity index (χ2v) is 4.71. The van der Waals surface area contributed by atoms with E-state index < -0.39 is 5.97 Å². The van der Waals surface area contributed by atoms with Crippen molar-refractivity contribution in [1.29, 1.82) is 0 Å². The molecule has 2 N–H and O–H groups in total. The summed E-state index contributed by atoms with van der Waals surface area (Å²) in [6.45, 7) is 0.0913. The molecule has 19 heavy (non-hydrogen) atoms. The summed E-state index contributed by atoms with van der Waals surface area (Å²) in [7, 11) is 0. The summed E-state index contributed by atoms with van der Waals surface area (Å²) in [6.07, 6.45) is 3.01. The first-order chi connectivity index (χ1) is 9.04. The van der Waals surface area contributed by atoms with Crippen molar-refractivity contribution >= 4 is 34.9 Å². The number of carbonyl (C=O) groups is 1. The molecule has 0 amide bonds. The van der Waals surface area contributed by atoms with Crippen molar-refractivity contribution in [2.24, 2.45) is 0 Å². The molecule has 0 unspecified atom stereocenters. The maximum atomic E-state index is 11.6. The largest absolute Gasteiger partial charge is 0.459 e. The second-order valence-electron chi connectivity index (χ2n) is 3.87. The van der Waals surface area contributed by atoms with Gasteiger partial charge in [0, 0.05) is 21.8 Å². The van der Waals surface area contributed by atoms with E-state index in [1.54, 1.807) is 24.4 Å². The SMILES string of the molecule is Nc1cnn(CC(=O)OCc2ccc(Cl)cc2Cl)c1. The van der Waals surface area contributed by atoms with Crippen LogP contribution >= 0.6 is 23.2 Å². The van der Waals surface area contributed by atoms with Crippen molar-refractivity contribution in [3.05, 3.63) is 46.2 Å². The Morgan fingerprint density at radius 2 is 2.21 bits per heavy atom. The van der Waals surface area contributed by atoms with Gasteiger partial charge in [-0.25, -0.2) is 0 Å². The molecular weight excluding hydrogens is 289 g/mol. The van der Waals surface area contributed by atoms with E-state index in [-0.39, 0.29) is 13.2 Å². The van der Waals surface area contributed by atoms with Gasteiger partial charge in [-0.15, -0.1) is 0 Å². The average Bonchev–Trinajstić information content (AvgIpc) is 2.73. The number of nitrogens with zero attached hydrogens (tertiary/aromatic N) is 2. The third-order valence-corrected chi connectivity index (χ3v) is 2.94. The van der Waals surface area contributed by atoms with Gasteiger partial charge in [0.1, 0.15) is 13.2 Å². The molecule has 1 aromatic carbocycles. The minimum absolute atomic E-state index is 0.00239. The van der Waals surface area contributed by atoms with Crippen molar-refractivity contribution in [2.45, 2.75) is 13.2 Å². The Bertz CT molecular complexity index is 598. The molecule has 7 heteroatoms. The van der Waals surface area contributed by atoms with Crippen LogP contribution in [-0.2, 0) is 22.7 Å². The summed E-state index contributed by atoms with van der Waals surface area (Å²) >= 11 is 11.7. The predicted molar refractivity (Wildman–Crippen MR) is 72.9 cm³/mol. The van der Waals surface area contributed by atoms with E-state index in [0.717, 1.165) is 0 Å². The topological polar surface area (TPSA) is 70.1 Å². The average molecular weight is 300 g/mol. The van der Waals surface area contributed by atoms with E-state index in [1.807, 2.05) is 0 Å². The fourth-order valence-corrected chi connectivity index (χ4v) is 1.90. The molecule has 2 aromatic rings. The molecule has 0 aliphatic heterocycles. The van der Waals surface area contributed by atoms with Crippen molar-refractivity contribution in [3.63, 3.8) is 0 Å². The number of carbonyl (C=O) groups excluding carboxylic acids is 1. The fourth-order valence-electron chi connectivity index (χ4n) is 1.44. The first-order valence-electron chi connectivity index (χ1n) is 5.42. The summed E-state index contributed by atoms with van der Waals surface area (Å²) in [5, 5.41) is 4.88. The van der Waals surface area contributed by atoms with Gasteiger partial charge in [-0.05, 0) is 12.1 Å². The van der Waals surface area contributed by atoms with Gasteiger partial charge in [-0.1, -0.05) is 29.3 Å². The van der Waals surface area contributed by atoms with E-state index in [9.17, 15) is 4.79 Å². The summed E-state index contributed by atoms with van der Waals surface area (Å²) in [5.74, 6) is -0.422. The zero-order valence-corrected chi connectivity index (χ0v) is 11.4. The molecule has 0 radical (unpaired) electrons. The normalized spacial score (nSPS) is 10.4. The smallest absolute Gasteiger partial charge is 0.328 e. The number of nitrogen functional groups attached to an aromatic ring is 1. The number of rotatable bonds is 4. The van der Waals surface area contributed by atoms with Crippen molar-refractivity contribution in [3.8, 4) is 0 Å². The number of nitrogens with two attached hydrogens (primary N) is 1. The van der Waals surface area contributed by atoms with Crippen LogP contribution < -0.4 is 5.73 Å². The number of hydrogen-bond acceptors (Lipinski definition) is 4. The molecule has 0 bridgehead atoms. The summed E-state index contributed by atoms with van der Waals surface area (Å²) < 4.78 is 6.50. The van der Waals surface area contributed by atoms with Gasteiger partial charge >= 0.3 is 5.97 Å². The maximum Gasteiger partial charge on any atom is 0.328 e. The van der Waals surface area contributed by atoms with Crippen molar-refractivity contribution in [2.75, 3.05) is 5.73 Å². The Kier molecular flexibility index (Phi) is 4.29. The van der Waals surface area contributed by atoms with Gasteiger partial charge in [-0.2, -0.15) is 5.10 Å². The third-order valence-electron chi connectivity index (χ3n) is 2.35. The number of anilines is 1. The number of hydrogen-bond donors (Lipinski definition) is 1. The van der Waals surface area contributed by atoms with E-state index in [0.29, 0.717) is 21.3 Å². The quantitative estimate of drug-likeness (QED) is 0.881. The number of halogens is 2. The standard InChI is InChI=1S/C12H11Cl2N3O2/c13-9-2-1-8(11(14)3-9)7-19-12(18)6-17-5-10(15)4-16-17/h1-5H,6-7,15H2. The number of esters is 1. The molecule has 0 atom stereocenters. The van der Waals surface area contributed by atoms with E-state index in [1.165, 1.54) is 10.9 Å². The van der Waals surface area contributed by atoms with Crippen LogP contribution in [0.1, 0.15) is 5.56 Å². The van der Waals surface area contributed by atoms with Crippen LogP contribution in [0, 0.1) is 0 Å². The molecule has 100 valence electrons. The molecular formula is C12H11Cl2N3O2. The molecule has 0 fully saturated rings. The third kappa shape index (κ3) is 3.87. The Balaban J connectivity index is 1.89. The Morgan fingerprint density at radius 1 is 1.42 bits per heavy atom. The second kappa shape index (κ2) is 5.95. The maximum absolute atomic E-state index is 11.6. The minimum Gasteiger partial charge on any atom is -0.459 e. The minimum atomic E-state index is -0.422. The van der Waals surface area contributed by atoms with Crippen LogP contribution in [0.2, 0.25) is 10.0 Å². The molecule has 0 saturated carbocycles. The molecule has 5 nitrogen and oxygen atoms in total. The zero-order chi connectivity index (χ0) is 13.8. The molecule has 0 aliphatic rings. The molecule has 0 aliphatic carbocycles. The van der Waals surface area contributed by atoms with E-state index in [2.05, 4.69) is 5.10 Å². The lowest BCUT2D eigenvalue weighted by Crippen LogP contribution is -2.13. The van der Waals surface area contributed by atoms with Crippen LogP contribution in [-0.4, -0.2) is 15.7 Å². The van der Waals surface area contributed by atoms with Gasteiger partial charge in [0.25, 0.3) is 0 Å². The first-order valence-corrected chi connectivity index (χ1v) is 6.17. The number of benzene rings is 1. The van der Waals surface area contributed by atoms with Gasteiger partial charge in [0.05, 0.1) is 11.9 Å². The highest BCUT2D eigenvalue weighted by molar-refractivity contribution is 6.35. The van der Waals surface area contributed by atoms with E-state index in [4.69, 9.17) is 33.7 Å². The fraction of sp³-hybridized carbons (Fsp3) is 0.167. The monoisotopic (exact) mass is 299 g/mol. The van der Waals surface area contributed by atoms with Gasteiger partial charge in [0.2, 0.25) is 0 Å². The van der Waals surface area contributed by atoms with Crippen LogP contribution in [0.3, 0.4) is 0 Å². The lowest BCUT2D eigenvalue weighted by molar-refractivity contribution is -0.145. The van der Waals surface area contributed by atoms with Crippen LogP contribution in [0.15, 0.2) is 30.6 Å².